The molecule has 5 heteroatoms. The highest BCUT2D eigenvalue weighted by Crippen LogP contribution is 2.32. The molecule has 146 valence electrons. The van der Waals surface area contributed by atoms with Gasteiger partial charge in [0, 0.05) is 39.3 Å². The lowest BCUT2D eigenvalue weighted by molar-refractivity contribution is 0.264. The van der Waals surface area contributed by atoms with Crippen molar-refractivity contribution in [1.82, 2.24) is 4.90 Å². The van der Waals surface area contributed by atoms with Crippen LogP contribution in [-0.2, 0) is 0 Å². The highest BCUT2D eigenvalue weighted by molar-refractivity contribution is 6.29. The molecule has 28 heavy (non-hydrogen) atoms. The maximum absolute atomic E-state index is 13.4. The van der Waals surface area contributed by atoms with Gasteiger partial charge in [-0.15, -0.1) is 0 Å². The van der Waals surface area contributed by atoms with E-state index in [4.69, 9.17) is 5.41 Å². The standard InChI is InChI=1S/C23H25F2N3/c1-27-22(16-26)12-15-28-13-10-19(11-14-28)23(17-2-6-20(24)7-3-17)18-4-8-21(25)9-5-18/h2-9,16,26H,10-15H2,1H3. The third kappa shape index (κ3) is 4.98. The van der Waals surface area contributed by atoms with Crippen molar-refractivity contribution in [1.29, 1.82) is 5.41 Å². The van der Waals surface area contributed by atoms with Gasteiger partial charge < -0.3 is 10.3 Å². The monoisotopic (exact) mass is 381 g/mol. The summed E-state index contributed by atoms with van der Waals surface area (Å²) in [6.07, 6.45) is 3.92. The first-order valence-corrected chi connectivity index (χ1v) is 9.53. The fourth-order valence-corrected chi connectivity index (χ4v) is 3.63. The summed E-state index contributed by atoms with van der Waals surface area (Å²) in [4.78, 5) is 6.48. The summed E-state index contributed by atoms with van der Waals surface area (Å²) in [6, 6.07) is 13.1. The van der Waals surface area contributed by atoms with Gasteiger partial charge in [-0.05, 0) is 53.8 Å². The Labute approximate surface area is 164 Å². The molecule has 0 radical (unpaired) electrons. The molecule has 3 nitrogen and oxygen atoms in total. The van der Waals surface area contributed by atoms with Gasteiger partial charge in [-0.3, -0.25) is 4.99 Å². The number of likely N-dealkylation sites (tertiary alicyclic amines) is 1. The molecule has 1 heterocycles. The Morgan fingerprint density at radius 3 is 1.89 bits per heavy atom. The molecule has 0 bridgehead atoms. The molecule has 1 saturated heterocycles. The van der Waals surface area contributed by atoms with Crippen LogP contribution < -0.4 is 0 Å². The van der Waals surface area contributed by atoms with Crippen molar-refractivity contribution < 1.29 is 8.78 Å². The van der Waals surface area contributed by atoms with E-state index >= 15 is 0 Å². The van der Waals surface area contributed by atoms with Crippen molar-refractivity contribution in [2.75, 3.05) is 26.7 Å². The highest BCUT2D eigenvalue weighted by Gasteiger charge is 2.19. The predicted octanol–water partition coefficient (Wildman–Crippen LogP) is 4.97. The topological polar surface area (TPSA) is 39.5 Å². The van der Waals surface area contributed by atoms with Crippen molar-refractivity contribution >= 4 is 17.5 Å². The Balaban J connectivity index is 1.82. The number of hydrogen-bond acceptors (Lipinski definition) is 3. The summed E-state index contributed by atoms with van der Waals surface area (Å²) in [5.41, 5.74) is 5.11. The van der Waals surface area contributed by atoms with Crippen molar-refractivity contribution in [3.63, 3.8) is 0 Å². The lowest BCUT2D eigenvalue weighted by Gasteiger charge is -2.30. The molecule has 1 aliphatic heterocycles. The second-order valence-electron chi connectivity index (χ2n) is 6.94. The molecule has 3 rings (SSSR count). The molecular weight excluding hydrogens is 356 g/mol. The van der Waals surface area contributed by atoms with E-state index < -0.39 is 0 Å². The summed E-state index contributed by atoms with van der Waals surface area (Å²) >= 11 is 0. The largest absolute Gasteiger partial charge is 0.307 e. The molecule has 2 aromatic rings. The van der Waals surface area contributed by atoms with E-state index in [9.17, 15) is 8.78 Å². The van der Waals surface area contributed by atoms with Crippen LogP contribution in [0.4, 0.5) is 8.78 Å². The van der Waals surface area contributed by atoms with Gasteiger partial charge in [0.25, 0.3) is 0 Å². The van der Waals surface area contributed by atoms with Crippen molar-refractivity contribution in [2.45, 2.75) is 19.3 Å². The van der Waals surface area contributed by atoms with Gasteiger partial charge >= 0.3 is 0 Å². The van der Waals surface area contributed by atoms with Gasteiger partial charge in [0.1, 0.15) is 11.6 Å². The summed E-state index contributed by atoms with van der Waals surface area (Å²) in [5.74, 6) is -0.525. The van der Waals surface area contributed by atoms with Gasteiger partial charge in [0.2, 0.25) is 0 Å². The van der Waals surface area contributed by atoms with Crippen LogP contribution in [0.2, 0.25) is 0 Å². The minimum Gasteiger partial charge on any atom is -0.307 e. The smallest absolute Gasteiger partial charge is 0.123 e. The summed E-state index contributed by atoms with van der Waals surface area (Å²) in [7, 11) is 1.72. The van der Waals surface area contributed by atoms with Crippen molar-refractivity contribution in [2.24, 2.45) is 4.99 Å². The zero-order valence-corrected chi connectivity index (χ0v) is 16.1. The van der Waals surface area contributed by atoms with Gasteiger partial charge in [-0.1, -0.05) is 29.8 Å². The lowest BCUT2D eigenvalue weighted by Crippen LogP contribution is -2.33. The molecule has 2 aromatic carbocycles. The average Bonchev–Trinajstić information content (AvgIpc) is 2.73. The number of rotatable bonds is 6. The van der Waals surface area contributed by atoms with Crippen LogP contribution in [0.1, 0.15) is 30.4 Å². The van der Waals surface area contributed by atoms with E-state index in [-0.39, 0.29) is 11.6 Å². The normalized spacial score (nSPS) is 15.5. The average molecular weight is 381 g/mol. The summed E-state index contributed by atoms with van der Waals surface area (Å²) < 4.78 is 26.8. The van der Waals surface area contributed by atoms with Gasteiger partial charge in [-0.2, -0.15) is 0 Å². The number of hydrogen-bond donors (Lipinski definition) is 1. The number of benzene rings is 2. The Morgan fingerprint density at radius 2 is 1.46 bits per heavy atom. The Kier molecular flexibility index (Phi) is 6.82. The second kappa shape index (κ2) is 9.51. The minimum absolute atomic E-state index is 0.262. The summed E-state index contributed by atoms with van der Waals surface area (Å²) in [5, 5.41) is 7.35. The third-order valence-corrected chi connectivity index (χ3v) is 5.22. The predicted molar refractivity (Wildman–Crippen MR) is 111 cm³/mol. The fraction of sp³-hybridized carbons (Fsp3) is 0.304. The number of piperidine rings is 1. The maximum Gasteiger partial charge on any atom is 0.123 e. The first kappa shape index (κ1) is 20.1. The van der Waals surface area contributed by atoms with Gasteiger partial charge in [0.05, 0.1) is 5.71 Å². The van der Waals surface area contributed by atoms with Crippen LogP contribution in [-0.4, -0.2) is 43.5 Å². The molecular formula is C23H25F2N3. The van der Waals surface area contributed by atoms with Crippen LogP contribution in [0.25, 0.3) is 5.57 Å². The Bertz CT molecular complexity index is 810. The molecule has 0 atom stereocenters. The molecule has 0 amide bonds. The molecule has 0 saturated carbocycles. The van der Waals surface area contributed by atoms with Crippen LogP contribution in [0.3, 0.4) is 0 Å². The van der Waals surface area contributed by atoms with E-state index in [1.54, 1.807) is 31.3 Å². The van der Waals surface area contributed by atoms with Gasteiger partial charge in [0.15, 0.2) is 0 Å². The number of halogens is 2. The van der Waals surface area contributed by atoms with Crippen molar-refractivity contribution in [3.8, 4) is 0 Å². The maximum atomic E-state index is 13.4. The van der Waals surface area contributed by atoms with E-state index in [0.29, 0.717) is 0 Å². The Morgan fingerprint density at radius 1 is 0.964 bits per heavy atom. The van der Waals surface area contributed by atoms with E-state index in [0.717, 1.165) is 61.3 Å². The highest BCUT2D eigenvalue weighted by atomic mass is 19.1. The zero-order valence-electron chi connectivity index (χ0n) is 16.1. The molecule has 0 unspecified atom stereocenters. The minimum atomic E-state index is -0.262. The molecule has 1 N–H and O–H groups in total. The number of aliphatic imine (C=N–C) groups is 1. The first-order valence-electron chi connectivity index (χ1n) is 9.53. The number of nitrogens with zero attached hydrogens (tertiary/aromatic N) is 2. The van der Waals surface area contributed by atoms with Crippen LogP contribution >= 0.6 is 0 Å². The quantitative estimate of drug-likeness (QED) is 0.705. The first-order chi connectivity index (χ1) is 13.6. The SMILES string of the molecule is CN=C(C=N)CCN1CCC(=C(c2ccc(F)cc2)c2ccc(F)cc2)CC1. The van der Waals surface area contributed by atoms with Crippen LogP contribution in [0.5, 0.6) is 0 Å². The molecule has 0 aromatic heterocycles. The van der Waals surface area contributed by atoms with Crippen molar-refractivity contribution in [3.05, 3.63) is 76.9 Å². The van der Waals surface area contributed by atoms with E-state index in [1.165, 1.54) is 36.1 Å². The zero-order chi connectivity index (χ0) is 19.9. The van der Waals surface area contributed by atoms with E-state index in [2.05, 4.69) is 9.89 Å². The molecule has 0 aliphatic carbocycles. The van der Waals surface area contributed by atoms with Crippen LogP contribution in [0.15, 0.2) is 59.1 Å². The number of nitrogens with one attached hydrogen (secondary N) is 1. The molecule has 1 fully saturated rings. The molecule has 1 aliphatic rings. The fourth-order valence-electron chi connectivity index (χ4n) is 3.63. The summed E-state index contributed by atoms with van der Waals surface area (Å²) in [6.45, 7) is 2.74. The second-order valence-corrected chi connectivity index (χ2v) is 6.94. The Hall–Kier alpha value is -2.66. The van der Waals surface area contributed by atoms with Gasteiger partial charge in [-0.25, -0.2) is 8.78 Å². The third-order valence-electron chi connectivity index (χ3n) is 5.22. The lowest BCUT2D eigenvalue weighted by atomic mass is 9.88. The van der Waals surface area contributed by atoms with E-state index in [1.807, 2.05) is 0 Å². The molecule has 0 spiro atoms. The van der Waals surface area contributed by atoms with Crippen LogP contribution in [0, 0.1) is 17.0 Å².